The van der Waals surface area contributed by atoms with E-state index in [9.17, 15) is 13.5 Å². The maximum atomic E-state index is 12.0. The monoisotopic (exact) mass is 301 g/mol. The minimum Gasteiger partial charge on any atom is -0.467 e. The van der Waals surface area contributed by atoms with Gasteiger partial charge in [0, 0.05) is 6.54 Å². The van der Waals surface area contributed by atoms with E-state index < -0.39 is 16.1 Å². The molecule has 1 aromatic heterocycles. The van der Waals surface area contributed by atoms with Crippen molar-refractivity contribution in [2.24, 2.45) is 0 Å². The predicted octanol–water partition coefficient (Wildman–Crippen LogP) is 1.94. The molecule has 0 radical (unpaired) electrons. The van der Waals surface area contributed by atoms with Gasteiger partial charge in [-0.2, -0.15) is 0 Å². The van der Waals surface area contributed by atoms with Crippen LogP contribution >= 0.6 is 11.6 Å². The first kappa shape index (κ1) is 14.1. The van der Waals surface area contributed by atoms with Gasteiger partial charge in [0.05, 0.1) is 11.3 Å². The van der Waals surface area contributed by atoms with Crippen molar-refractivity contribution in [3.63, 3.8) is 0 Å². The van der Waals surface area contributed by atoms with Crippen LogP contribution in [-0.2, 0) is 10.0 Å². The summed E-state index contributed by atoms with van der Waals surface area (Å²) < 4.78 is 31.2. The Hall–Kier alpha value is -1.34. The molecular weight excluding hydrogens is 290 g/mol. The highest BCUT2D eigenvalue weighted by molar-refractivity contribution is 7.89. The second-order valence-electron chi connectivity index (χ2n) is 3.81. The fraction of sp³-hybridized carbons (Fsp3) is 0.167. The van der Waals surface area contributed by atoms with Crippen molar-refractivity contribution in [3.05, 3.63) is 53.4 Å². The molecule has 0 aliphatic heterocycles. The number of hydrogen-bond donors (Lipinski definition) is 2. The summed E-state index contributed by atoms with van der Waals surface area (Å²) in [6.45, 7) is -0.193. The molecule has 0 bridgehead atoms. The molecule has 19 heavy (non-hydrogen) atoms. The summed E-state index contributed by atoms with van der Waals surface area (Å²) >= 11 is 5.82. The summed E-state index contributed by atoms with van der Waals surface area (Å²) in [5.74, 6) is 0.293. The Morgan fingerprint density at radius 2 is 2.00 bits per heavy atom. The second-order valence-corrected chi connectivity index (χ2v) is 5.96. The molecule has 2 N–H and O–H groups in total. The lowest BCUT2D eigenvalue weighted by atomic mass is 10.3. The molecule has 0 amide bonds. The van der Waals surface area contributed by atoms with Gasteiger partial charge >= 0.3 is 0 Å². The van der Waals surface area contributed by atoms with E-state index in [1.54, 1.807) is 24.3 Å². The summed E-state index contributed by atoms with van der Waals surface area (Å²) in [6, 6.07) is 9.26. The maximum Gasteiger partial charge on any atom is 0.242 e. The number of sulfonamides is 1. The zero-order valence-corrected chi connectivity index (χ0v) is 11.4. The van der Waals surface area contributed by atoms with Gasteiger partial charge in [0.15, 0.2) is 0 Å². The van der Waals surface area contributed by atoms with Crippen molar-refractivity contribution in [2.75, 3.05) is 6.54 Å². The van der Waals surface area contributed by atoms with Gasteiger partial charge in [0.25, 0.3) is 0 Å². The number of nitrogens with one attached hydrogen (secondary N) is 1. The van der Waals surface area contributed by atoms with Crippen LogP contribution in [0.5, 0.6) is 0 Å². The van der Waals surface area contributed by atoms with Crippen LogP contribution < -0.4 is 4.72 Å². The third-order valence-electron chi connectivity index (χ3n) is 2.46. The van der Waals surface area contributed by atoms with E-state index in [2.05, 4.69) is 4.72 Å². The largest absolute Gasteiger partial charge is 0.467 e. The first-order valence-corrected chi connectivity index (χ1v) is 7.32. The average Bonchev–Trinajstić information content (AvgIpc) is 2.90. The van der Waals surface area contributed by atoms with Crippen molar-refractivity contribution in [1.29, 1.82) is 0 Å². The van der Waals surface area contributed by atoms with Crippen LogP contribution in [0.3, 0.4) is 0 Å². The van der Waals surface area contributed by atoms with Crippen LogP contribution in [-0.4, -0.2) is 20.1 Å². The van der Waals surface area contributed by atoms with Crippen LogP contribution in [0.1, 0.15) is 11.9 Å². The molecule has 0 saturated heterocycles. The highest BCUT2D eigenvalue weighted by Gasteiger charge is 2.19. The molecule has 0 aliphatic rings. The van der Waals surface area contributed by atoms with Gasteiger partial charge < -0.3 is 9.52 Å². The Morgan fingerprint density at radius 3 is 2.63 bits per heavy atom. The van der Waals surface area contributed by atoms with Gasteiger partial charge in [-0.1, -0.05) is 23.7 Å². The Labute approximate surface area is 115 Å². The van der Waals surface area contributed by atoms with Crippen molar-refractivity contribution >= 4 is 21.6 Å². The smallest absolute Gasteiger partial charge is 0.242 e. The lowest BCUT2D eigenvalue weighted by Crippen LogP contribution is -2.28. The van der Waals surface area contributed by atoms with Crippen molar-refractivity contribution in [3.8, 4) is 0 Å². The van der Waals surface area contributed by atoms with Crippen LogP contribution in [0.4, 0.5) is 0 Å². The second kappa shape index (κ2) is 5.75. The molecule has 2 aromatic rings. The summed E-state index contributed by atoms with van der Waals surface area (Å²) in [5.41, 5.74) is 0. The van der Waals surface area contributed by atoms with E-state index in [0.29, 0.717) is 5.76 Å². The highest BCUT2D eigenvalue weighted by Crippen LogP contribution is 2.20. The lowest BCUT2D eigenvalue weighted by molar-refractivity contribution is 0.154. The highest BCUT2D eigenvalue weighted by atomic mass is 35.5. The zero-order valence-electron chi connectivity index (χ0n) is 9.78. The lowest BCUT2D eigenvalue weighted by Gasteiger charge is -2.11. The third kappa shape index (κ3) is 3.36. The number of rotatable bonds is 5. The molecule has 0 spiro atoms. The molecule has 5 nitrogen and oxygen atoms in total. The van der Waals surface area contributed by atoms with Crippen molar-refractivity contribution < 1.29 is 17.9 Å². The zero-order chi connectivity index (χ0) is 13.9. The van der Waals surface area contributed by atoms with E-state index in [1.807, 2.05) is 0 Å². The standard InChI is InChI=1S/C12H12ClNO4S/c13-9-4-1-2-6-12(9)19(16,17)14-8-10(15)11-5-3-7-18-11/h1-7,10,14-15H,8H2. The molecule has 1 atom stereocenters. The summed E-state index contributed by atoms with van der Waals surface area (Å²) in [4.78, 5) is -0.0247. The van der Waals surface area contributed by atoms with Gasteiger partial charge in [0.2, 0.25) is 10.0 Å². The number of furan rings is 1. The molecule has 0 saturated carbocycles. The Morgan fingerprint density at radius 1 is 1.26 bits per heavy atom. The first-order chi connectivity index (χ1) is 9.00. The molecule has 0 aliphatic carbocycles. The number of aliphatic hydroxyl groups excluding tert-OH is 1. The van der Waals surface area contributed by atoms with E-state index in [4.69, 9.17) is 16.0 Å². The van der Waals surface area contributed by atoms with E-state index >= 15 is 0 Å². The van der Waals surface area contributed by atoms with Gasteiger partial charge in [-0.15, -0.1) is 0 Å². The third-order valence-corrected chi connectivity index (χ3v) is 4.39. The number of benzene rings is 1. The maximum absolute atomic E-state index is 12.0. The topological polar surface area (TPSA) is 79.5 Å². The molecule has 2 rings (SSSR count). The SMILES string of the molecule is O=S(=O)(NCC(O)c1ccco1)c1ccccc1Cl. The van der Waals surface area contributed by atoms with Crippen LogP contribution in [0.2, 0.25) is 5.02 Å². The molecule has 1 unspecified atom stereocenters. The molecule has 0 fully saturated rings. The number of aliphatic hydroxyl groups is 1. The summed E-state index contributed by atoms with van der Waals surface area (Å²) in [6.07, 6.45) is 0.355. The summed E-state index contributed by atoms with van der Waals surface area (Å²) in [7, 11) is -3.76. The Kier molecular flexibility index (Phi) is 4.26. The summed E-state index contributed by atoms with van der Waals surface area (Å²) in [5, 5.41) is 9.86. The van der Waals surface area contributed by atoms with Crippen molar-refractivity contribution in [1.82, 2.24) is 4.72 Å². The van der Waals surface area contributed by atoms with Gasteiger partial charge in [-0.3, -0.25) is 0 Å². The minimum atomic E-state index is -3.76. The number of hydrogen-bond acceptors (Lipinski definition) is 4. The van der Waals surface area contributed by atoms with Crippen LogP contribution in [0.25, 0.3) is 0 Å². The minimum absolute atomic E-state index is 0.0247. The van der Waals surface area contributed by atoms with Crippen LogP contribution in [0.15, 0.2) is 52.0 Å². The normalized spacial score (nSPS) is 13.4. The van der Waals surface area contributed by atoms with E-state index in [1.165, 1.54) is 18.4 Å². The van der Waals surface area contributed by atoms with Crippen LogP contribution in [0, 0.1) is 0 Å². The van der Waals surface area contributed by atoms with E-state index in [0.717, 1.165) is 0 Å². The van der Waals surface area contributed by atoms with Gasteiger partial charge in [0.1, 0.15) is 16.8 Å². The van der Waals surface area contributed by atoms with Gasteiger partial charge in [-0.25, -0.2) is 13.1 Å². The van der Waals surface area contributed by atoms with Crippen molar-refractivity contribution in [2.45, 2.75) is 11.0 Å². The molecule has 1 heterocycles. The average molecular weight is 302 g/mol. The molecule has 102 valence electrons. The first-order valence-electron chi connectivity index (χ1n) is 5.46. The Balaban J connectivity index is 2.09. The number of halogens is 1. The van der Waals surface area contributed by atoms with Gasteiger partial charge in [-0.05, 0) is 24.3 Å². The fourth-order valence-corrected chi connectivity index (χ4v) is 3.07. The molecule has 1 aromatic carbocycles. The molecular formula is C12H12ClNO4S. The fourth-order valence-electron chi connectivity index (χ4n) is 1.51. The quantitative estimate of drug-likeness (QED) is 0.884. The van der Waals surface area contributed by atoms with E-state index in [-0.39, 0.29) is 16.5 Å². The predicted molar refractivity (Wildman–Crippen MR) is 70.3 cm³/mol. The Bertz CT molecular complexity index is 640. The molecule has 7 heteroatoms.